The van der Waals surface area contributed by atoms with Crippen LogP contribution in [0.3, 0.4) is 0 Å². The van der Waals surface area contributed by atoms with E-state index in [1.807, 2.05) is 0 Å². The fourth-order valence-corrected chi connectivity index (χ4v) is 0.941. The van der Waals surface area contributed by atoms with Crippen molar-refractivity contribution in [3.63, 3.8) is 0 Å². The third-order valence-electron chi connectivity index (χ3n) is 1.60. The zero-order valence-electron chi connectivity index (χ0n) is 8.84. The van der Waals surface area contributed by atoms with Gasteiger partial charge in [0.25, 0.3) is 0 Å². The van der Waals surface area contributed by atoms with E-state index in [1.165, 1.54) is 12.4 Å². The van der Waals surface area contributed by atoms with Crippen molar-refractivity contribution in [2.75, 3.05) is 11.9 Å². The molecule has 1 rings (SSSR count). The average Bonchev–Trinajstić information content (AvgIpc) is 2.28. The Balaban J connectivity index is 2.29. The first-order valence-electron chi connectivity index (χ1n) is 4.81. The molecule has 0 fully saturated rings. The fourth-order valence-electron chi connectivity index (χ4n) is 0.941. The molecule has 0 spiro atoms. The summed E-state index contributed by atoms with van der Waals surface area (Å²) in [5.74, 6) is -0.623. The predicted molar refractivity (Wildman–Crippen MR) is 54.3 cm³/mol. The van der Waals surface area contributed by atoms with E-state index in [2.05, 4.69) is 25.2 Å². The SMILES string of the molecule is CCOC(=O)CCC(=O)Nc1nccnn1. The van der Waals surface area contributed by atoms with Crippen molar-refractivity contribution in [3.05, 3.63) is 12.4 Å². The van der Waals surface area contributed by atoms with Gasteiger partial charge in [-0.3, -0.25) is 14.9 Å². The molecule has 16 heavy (non-hydrogen) atoms. The topological polar surface area (TPSA) is 94.1 Å². The van der Waals surface area contributed by atoms with Crippen LogP contribution < -0.4 is 5.32 Å². The summed E-state index contributed by atoms with van der Waals surface area (Å²) in [5, 5.41) is 9.52. The van der Waals surface area contributed by atoms with Gasteiger partial charge in [-0.1, -0.05) is 0 Å². The van der Waals surface area contributed by atoms with Gasteiger partial charge >= 0.3 is 5.97 Å². The lowest BCUT2D eigenvalue weighted by Crippen LogP contribution is -2.16. The Hall–Kier alpha value is -2.05. The van der Waals surface area contributed by atoms with E-state index in [-0.39, 0.29) is 24.7 Å². The van der Waals surface area contributed by atoms with Gasteiger partial charge in [0.15, 0.2) is 0 Å². The highest BCUT2D eigenvalue weighted by Gasteiger charge is 2.08. The molecule has 7 nitrogen and oxygen atoms in total. The van der Waals surface area contributed by atoms with Crippen LogP contribution >= 0.6 is 0 Å². The molecule has 0 saturated carbocycles. The fraction of sp³-hybridized carbons (Fsp3) is 0.444. The first-order chi connectivity index (χ1) is 7.72. The van der Waals surface area contributed by atoms with Gasteiger partial charge in [-0.2, -0.15) is 5.10 Å². The average molecular weight is 224 g/mol. The van der Waals surface area contributed by atoms with Crippen LogP contribution in [0.1, 0.15) is 19.8 Å². The van der Waals surface area contributed by atoms with Gasteiger partial charge in [-0.25, -0.2) is 4.98 Å². The Morgan fingerprint density at radius 3 is 2.81 bits per heavy atom. The summed E-state index contributed by atoms with van der Waals surface area (Å²) in [6.07, 6.45) is 2.89. The van der Waals surface area contributed by atoms with Crippen LogP contribution in [0.15, 0.2) is 12.4 Å². The number of nitrogens with zero attached hydrogens (tertiary/aromatic N) is 3. The van der Waals surface area contributed by atoms with Crippen molar-refractivity contribution >= 4 is 17.8 Å². The molecule has 1 amide bonds. The van der Waals surface area contributed by atoms with Gasteiger partial charge in [0.05, 0.1) is 25.4 Å². The molecule has 1 aromatic rings. The summed E-state index contributed by atoms with van der Waals surface area (Å²) in [4.78, 5) is 26.0. The molecule has 0 atom stereocenters. The minimum absolute atomic E-state index is 0.0388. The Morgan fingerprint density at radius 2 is 2.19 bits per heavy atom. The molecule has 0 saturated heterocycles. The molecule has 0 radical (unpaired) electrons. The predicted octanol–water partition coefficient (Wildman–Crippen LogP) is 0.153. The van der Waals surface area contributed by atoms with Gasteiger partial charge < -0.3 is 4.74 Å². The normalized spacial score (nSPS) is 9.56. The quantitative estimate of drug-likeness (QED) is 0.715. The summed E-state index contributed by atoms with van der Waals surface area (Å²) in [5.41, 5.74) is 0. The lowest BCUT2D eigenvalue weighted by Gasteiger charge is -2.02. The van der Waals surface area contributed by atoms with Crippen LogP contribution in [0.25, 0.3) is 0 Å². The molecule has 86 valence electrons. The standard InChI is InChI=1S/C9H12N4O3/c1-2-16-8(15)4-3-7(14)12-9-10-5-6-11-13-9/h5-6H,2-4H2,1H3,(H,10,12,13,14). The second kappa shape index (κ2) is 6.44. The molecule has 1 N–H and O–H groups in total. The molecule has 0 aliphatic carbocycles. The zero-order chi connectivity index (χ0) is 11.8. The number of hydrogen-bond donors (Lipinski definition) is 1. The maximum atomic E-state index is 11.3. The van der Waals surface area contributed by atoms with Crippen LogP contribution in [0.2, 0.25) is 0 Å². The molecule has 0 unspecified atom stereocenters. The van der Waals surface area contributed by atoms with Crippen LogP contribution in [0.5, 0.6) is 0 Å². The summed E-state index contributed by atoms with van der Waals surface area (Å²) in [7, 11) is 0. The number of carbonyl (C=O) groups is 2. The Bertz CT molecular complexity index is 355. The second-order valence-corrected chi connectivity index (χ2v) is 2.82. The monoisotopic (exact) mass is 224 g/mol. The van der Waals surface area contributed by atoms with Crippen molar-refractivity contribution in [2.24, 2.45) is 0 Å². The summed E-state index contributed by atoms with van der Waals surface area (Å²) < 4.78 is 4.68. The Labute approximate surface area is 92.2 Å². The molecule has 7 heteroatoms. The molecule has 1 aromatic heterocycles. The van der Waals surface area contributed by atoms with Gasteiger partial charge in [-0.05, 0) is 6.92 Å². The minimum Gasteiger partial charge on any atom is -0.466 e. The van der Waals surface area contributed by atoms with Crippen molar-refractivity contribution in [3.8, 4) is 0 Å². The van der Waals surface area contributed by atoms with Crippen LogP contribution in [0, 0.1) is 0 Å². The van der Waals surface area contributed by atoms with Crippen molar-refractivity contribution in [1.82, 2.24) is 15.2 Å². The minimum atomic E-state index is -0.398. The number of anilines is 1. The van der Waals surface area contributed by atoms with E-state index >= 15 is 0 Å². The maximum Gasteiger partial charge on any atom is 0.306 e. The molecule has 0 bridgehead atoms. The third-order valence-corrected chi connectivity index (χ3v) is 1.60. The molecular formula is C9H12N4O3. The van der Waals surface area contributed by atoms with Gasteiger partial charge in [0.2, 0.25) is 11.9 Å². The van der Waals surface area contributed by atoms with E-state index in [4.69, 9.17) is 0 Å². The number of esters is 1. The Kier molecular flexibility index (Phi) is 4.84. The van der Waals surface area contributed by atoms with Crippen LogP contribution in [-0.2, 0) is 14.3 Å². The lowest BCUT2D eigenvalue weighted by atomic mass is 10.3. The van der Waals surface area contributed by atoms with Crippen LogP contribution in [0.4, 0.5) is 5.95 Å². The van der Waals surface area contributed by atoms with Crippen LogP contribution in [-0.4, -0.2) is 33.7 Å². The lowest BCUT2D eigenvalue weighted by molar-refractivity contribution is -0.144. The van der Waals surface area contributed by atoms with Crippen molar-refractivity contribution in [2.45, 2.75) is 19.8 Å². The van der Waals surface area contributed by atoms with Gasteiger partial charge in [0.1, 0.15) is 0 Å². The highest BCUT2D eigenvalue weighted by atomic mass is 16.5. The summed E-state index contributed by atoms with van der Waals surface area (Å²) >= 11 is 0. The summed E-state index contributed by atoms with van der Waals surface area (Å²) in [6.45, 7) is 2.02. The van der Waals surface area contributed by atoms with E-state index in [9.17, 15) is 9.59 Å². The first kappa shape index (κ1) is 12.0. The molecule has 0 aliphatic rings. The van der Waals surface area contributed by atoms with E-state index in [1.54, 1.807) is 6.92 Å². The molecule has 0 aromatic carbocycles. The maximum absolute atomic E-state index is 11.3. The van der Waals surface area contributed by atoms with Crippen molar-refractivity contribution in [1.29, 1.82) is 0 Å². The van der Waals surface area contributed by atoms with Gasteiger partial charge in [-0.15, -0.1) is 5.10 Å². The largest absolute Gasteiger partial charge is 0.466 e. The number of rotatable bonds is 5. The third kappa shape index (κ3) is 4.45. The number of nitrogens with one attached hydrogen (secondary N) is 1. The number of amides is 1. The number of ether oxygens (including phenoxy) is 1. The van der Waals surface area contributed by atoms with Crippen molar-refractivity contribution < 1.29 is 14.3 Å². The van der Waals surface area contributed by atoms with Gasteiger partial charge in [0, 0.05) is 6.42 Å². The summed E-state index contributed by atoms with van der Waals surface area (Å²) in [6, 6.07) is 0. The number of carbonyl (C=O) groups excluding carboxylic acids is 2. The van der Waals surface area contributed by atoms with E-state index in [0.29, 0.717) is 6.61 Å². The number of aromatic nitrogens is 3. The Morgan fingerprint density at radius 1 is 1.38 bits per heavy atom. The smallest absolute Gasteiger partial charge is 0.306 e. The van der Waals surface area contributed by atoms with E-state index < -0.39 is 5.97 Å². The molecule has 1 heterocycles. The second-order valence-electron chi connectivity index (χ2n) is 2.82. The first-order valence-corrected chi connectivity index (χ1v) is 4.81. The highest BCUT2D eigenvalue weighted by molar-refractivity contribution is 5.90. The molecule has 0 aliphatic heterocycles. The highest BCUT2D eigenvalue weighted by Crippen LogP contribution is 1.98. The van der Waals surface area contributed by atoms with E-state index in [0.717, 1.165) is 0 Å². The molecular weight excluding hydrogens is 212 g/mol. The number of hydrogen-bond acceptors (Lipinski definition) is 6. The zero-order valence-corrected chi connectivity index (χ0v) is 8.84.